The van der Waals surface area contributed by atoms with Gasteiger partial charge < -0.3 is 9.42 Å². The van der Waals surface area contributed by atoms with Gasteiger partial charge in [-0.15, -0.1) is 0 Å². The van der Waals surface area contributed by atoms with Gasteiger partial charge in [0.15, 0.2) is 0 Å². The van der Waals surface area contributed by atoms with Gasteiger partial charge in [-0.05, 0) is 50.2 Å². The summed E-state index contributed by atoms with van der Waals surface area (Å²) < 4.78 is 19.2. The van der Waals surface area contributed by atoms with Gasteiger partial charge >= 0.3 is 0 Å². The first-order valence-electron chi connectivity index (χ1n) is 8.09. The van der Waals surface area contributed by atoms with E-state index in [0.717, 1.165) is 5.56 Å². The quantitative estimate of drug-likeness (QED) is 0.656. The molecule has 134 valence electrons. The molecule has 0 aliphatic rings. The molecule has 0 unspecified atom stereocenters. The first-order chi connectivity index (χ1) is 12.5. The number of rotatable bonds is 5. The molecule has 7 heteroatoms. The molecule has 0 saturated heterocycles. The minimum Gasteiger partial charge on any atom is -0.337 e. The van der Waals surface area contributed by atoms with Crippen LogP contribution in [0.2, 0.25) is 5.02 Å². The maximum atomic E-state index is 14.0. The maximum Gasteiger partial charge on any atom is 0.257 e. The average Bonchev–Trinajstić information content (AvgIpc) is 3.08. The van der Waals surface area contributed by atoms with Crippen molar-refractivity contribution in [2.45, 2.75) is 26.4 Å². The summed E-state index contributed by atoms with van der Waals surface area (Å²) in [5.74, 6) is -0.313. The van der Waals surface area contributed by atoms with E-state index in [4.69, 9.17) is 16.1 Å². The van der Waals surface area contributed by atoms with Crippen molar-refractivity contribution in [1.29, 1.82) is 0 Å². The second-order valence-electron chi connectivity index (χ2n) is 6.03. The van der Waals surface area contributed by atoms with E-state index in [2.05, 4.69) is 10.1 Å². The van der Waals surface area contributed by atoms with Crippen LogP contribution in [0.5, 0.6) is 0 Å². The molecule has 0 fully saturated rings. The molecule has 5 nitrogen and oxygen atoms in total. The third-order valence-corrected chi connectivity index (χ3v) is 4.12. The number of benzene rings is 2. The molecule has 26 heavy (non-hydrogen) atoms. The van der Waals surface area contributed by atoms with Crippen molar-refractivity contribution in [2.75, 3.05) is 0 Å². The zero-order valence-corrected chi connectivity index (χ0v) is 15.1. The van der Waals surface area contributed by atoms with Crippen LogP contribution in [0.1, 0.15) is 30.1 Å². The minimum atomic E-state index is -0.560. The molecule has 0 radical (unpaired) electrons. The van der Waals surface area contributed by atoms with Gasteiger partial charge in [-0.2, -0.15) is 4.98 Å². The highest BCUT2D eigenvalue weighted by atomic mass is 35.5. The monoisotopic (exact) mass is 373 g/mol. The van der Waals surface area contributed by atoms with Gasteiger partial charge in [0, 0.05) is 16.6 Å². The summed E-state index contributed by atoms with van der Waals surface area (Å²) in [7, 11) is 0. The van der Waals surface area contributed by atoms with Crippen LogP contribution in [0.4, 0.5) is 4.39 Å². The number of aromatic nitrogens is 2. The number of amides is 1. The van der Waals surface area contributed by atoms with E-state index >= 15 is 0 Å². The first kappa shape index (κ1) is 18.1. The second-order valence-corrected chi connectivity index (χ2v) is 6.46. The first-order valence-corrected chi connectivity index (χ1v) is 8.47. The number of halogens is 2. The Kier molecular flexibility index (Phi) is 5.32. The predicted molar refractivity (Wildman–Crippen MR) is 96.2 cm³/mol. The lowest BCUT2D eigenvalue weighted by molar-refractivity contribution is 0.0662. The van der Waals surface area contributed by atoms with Crippen LogP contribution in [0.25, 0.3) is 11.4 Å². The predicted octanol–water partition coefficient (Wildman–Crippen LogP) is 4.58. The van der Waals surface area contributed by atoms with Crippen molar-refractivity contribution in [3.05, 3.63) is 70.8 Å². The summed E-state index contributed by atoms with van der Waals surface area (Å²) in [6.45, 7) is 3.77. The Labute approximate surface area is 155 Å². The Bertz CT molecular complexity index is 909. The topological polar surface area (TPSA) is 59.2 Å². The standard InChI is InChI=1S/C19H17ClFN3O2/c1-12(2)24(19(25)15-5-3-4-6-16(15)21)11-17-22-18(23-26-17)13-7-9-14(20)10-8-13/h3-10,12H,11H2,1-2H3. The number of nitrogens with zero attached hydrogens (tertiary/aromatic N) is 3. The Hall–Kier alpha value is -2.73. The summed E-state index contributed by atoms with van der Waals surface area (Å²) in [6, 6.07) is 12.7. The van der Waals surface area contributed by atoms with E-state index < -0.39 is 11.7 Å². The van der Waals surface area contributed by atoms with Crippen molar-refractivity contribution in [3.8, 4) is 11.4 Å². The van der Waals surface area contributed by atoms with Crippen LogP contribution in [-0.4, -0.2) is 27.0 Å². The third kappa shape index (κ3) is 3.91. The van der Waals surface area contributed by atoms with E-state index in [0.29, 0.717) is 10.8 Å². The van der Waals surface area contributed by atoms with Crippen molar-refractivity contribution in [1.82, 2.24) is 15.0 Å². The van der Waals surface area contributed by atoms with Gasteiger partial charge in [0.25, 0.3) is 5.91 Å². The van der Waals surface area contributed by atoms with Crippen molar-refractivity contribution in [3.63, 3.8) is 0 Å². The zero-order chi connectivity index (χ0) is 18.7. The number of carbonyl (C=O) groups is 1. The van der Waals surface area contributed by atoms with Gasteiger partial charge in [-0.1, -0.05) is 28.9 Å². The molecule has 0 N–H and O–H groups in total. The molecule has 0 bridgehead atoms. The summed E-state index contributed by atoms with van der Waals surface area (Å²) in [5, 5.41) is 4.55. The van der Waals surface area contributed by atoms with Crippen LogP contribution in [0, 0.1) is 5.82 Å². The van der Waals surface area contributed by atoms with Gasteiger partial charge in [-0.3, -0.25) is 4.79 Å². The molecule has 0 saturated carbocycles. The SMILES string of the molecule is CC(C)N(Cc1nc(-c2ccc(Cl)cc2)no1)C(=O)c1ccccc1F. The lowest BCUT2D eigenvalue weighted by Gasteiger charge is -2.25. The van der Waals surface area contributed by atoms with E-state index in [-0.39, 0.29) is 24.0 Å². The Morgan fingerprint density at radius 2 is 1.88 bits per heavy atom. The Morgan fingerprint density at radius 1 is 1.19 bits per heavy atom. The molecular formula is C19H17ClFN3O2. The fraction of sp³-hybridized carbons (Fsp3) is 0.211. The molecular weight excluding hydrogens is 357 g/mol. The number of hydrogen-bond donors (Lipinski definition) is 0. The number of hydrogen-bond acceptors (Lipinski definition) is 4. The van der Waals surface area contributed by atoms with E-state index in [1.165, 1.54) is 17.0 Å². The van der Waals surface area contributed by atoms with Crippen molar-refractivity contribution >= 4 is 17.5 Å². The van der Waals surface area contributed by atoms with Gasteiger partial charge in [0.05, 0.1) is 5.56 Å². The second kappa shape index (κ2) is 7.66. The minimum absolute atomic E-state index is 0.0126. The molecule has 0 atom stereocenters. The maximum absolute atomic E-state index is 14.0. The summed E-state index contributed by atoms with van der Waals surface area (Å²) in [4.78, 5) is 18.5. The van der Waals surface area contributed by atoms with Crippen LogP contribution >= 0.6 is 11.6 Å². The Balaban J connectivity index is 1.82. The average molecular weight is 374 g/mol. The smallest absolute Gasteiger partial charge is 0.257 e. The van der Waals surface area contributed by atoms with Crippen LogP contribution in [0.15, 0.2) is 53.1 Å². The third-order valence-electron chi connectivity index (χ3n) is 3.86. The molecule has 1 heterocycles. The van der Waals surface area contributed by atoms with Gasteiger partial charge in [0.2, 0.25) is 11.7 Å². The molecule has 0 aliphatic heterocycles. The molecule has 3 aromatic rings. The largest absolute Gasteiger partial charge is 0.337 e. The summed E-state index contributed by atoms with van der Waals surface area (Å²) in [5.41, 5.74) is 0.763. The highest BCUT2D eigenvalue weighted by Gasteiger charge is 2.24. The number of carbonyl (C=O) groups excluding carboxylic acids is 1. The van der Waals surface area contributed by atoms with Gasteiger partial charge in [0.1, 0.15) is 12.4 Å². The molecule has 0 spiro atoms. The van der Waals surface area contributed by atoms with Gasteiger partial charge in [-0.25, -0.2) is 4.39 Å². The molecule has 2 aromatic carbocycles. The summed E-state index contributed by atoms with van der Waals surface area (Å²) in [6.07, 6.45) is 0. The van der Waals surface area contributed by atoms with E-state index in [9.17, 15) is 9.18 Å². The molecule has 3 rings (SSSR count). The molecule has 1 amide bonds. The van der Waals surface area contributed by atoms with Crippen molar-refractivity contribution < 1.29 is 13.7 Å². The Morgan fingerprint density at radius 3 is 2.54 bits per heavy atom. The van der Waals surface area contributed by atoms with E-state index in [1.807, 2.05) is 13.8 Å². The van der Waals surface area contributed by atoms with Crippen LogP contribution < -0.4 is 0 Å². The van der Waals surface area contributed by atoms with E-state index in [1.54, 1.807) is 36.4 Å². The van der Waals surface area contributed by atoms with Crippen LogP contribution in [-0.2, 0) is 6.54 Å². The molecule has 1 aromatic heterocycles. The van der Waals surface area contributed by atoms with Crippen molar-refractivity contribution in [2.24, 2.45) is 0 Å². The normalized spacial score (nSPS) is 11.0. The zero-order valence-electron chi connectivity index (χ0n) is 14.3. The fourth-order valence-electron chi connectivity index (χ4n) is 2.46. The summed E-state index contributed by atoms with van der Waals surface area (Å²) >= 11 is 5.87. The molecule has 0 aliphatic carbocycles. The fourth-order valence-corrected chi connectivity index (χ4v) is 2.59. The highest BCUT2D eigenvalue weighted by molar-refractivity contribution is 6.30. The van der Waals surface area contributed by atoms with Crippen LogP contribution in [0.3, 0.4) is 0 Å². The lowest BCUT2D eigenvalue weighted by atomic mass is 10.1. The lowest BCUT2D eigenvalue weighted by Crippen LogP contribution is -2.37. The highest BCUT2D eigenvalue weighted by Crippen LogP contribution is 2.20.